The van der Waals surface area contributed by atoms with Crippen LogP contribution in [0.2, 0.25) is 0 Å². The Labute approximate surface area is 89.6 Å². The highest BCUT2D eigenvalue weighted by Crippen LogP contribution is 2.26. The number of ether oxygens (including phenoxy) is 1. The fourth-order valence-corrected chi connectivity index (χ4v) is 1.89. The van der Waals surface area contributed by atoms with E-state index < -0.39 is 12.0 Å². The second-order valence-corrected chi connectivity index (χ2v) is 3.86. The molecule has 2 N–H and O–H groups in total. The maximum atomic E-state index is 11.0. The van der Waals surface area contributed by atoms with Crippen LogP contribution < -0.4 is 0 Å². The number of nitrogens with zero attached hydrogens (tertiary/aromatic N) is 1. The highest BCUT2D eigenvalue weighted by Gasteiger charge is 2.33. The first-order valence-electron chi connectivity index (χ1n) is 5.29. The minimum absolute atomic E-state index is 0.00993. The van der Waals surface area contributed by atoms with Gasteiger partial charge in [0.2, 0.25) is 0 Å². The molecule has 0 aromatic carbocycles. The molecule has 0 aromatic heterocycles. The molecule has 88 valence electrons. The molecule has 0 amide bonds. The van der Waals surface area contributed by atoms with Crippen LogP contribution in [0.4, 0.5) is 0 Å². The molecule has 1 rings (SSSR count). The van der Waals surface area contributed by atoms with Crippen LogP contribution in [0.1, 0.15) is 19.3 Å². The van der Waals surface area contributed by atoms with E-state index in [4.69, 9.17) is 14.9 Å². The summed E-state index contributed by atoms with van der Waals surface area (Å²) in [6.07, 6.45) is 3.19. The number of hydrogen-bond donors (Lipinski definition) is 2. The van der Waals surface area contributed by atoms with Crippen molar-refractivity contribution in [3.8, 4) is 0 Å². The zero-order valence-electron chi connectivity index (χ0n) is 9.06. The quantitative estimate of drug-likeness (QED) is 0.625. The van der Waals surface area contributed by atoms with Gasteiger partial charge in [-0.25, -0.2) is 0 Å². The first-order chi connectivity index (χ1) is 7.20. The molecule has 15 heavy (non-hydrogen) atoms. The molecule has 0 aromatic rings. The Balaban J connectivity index is 2.59. The van der Waals surface area contributed by atoms with Crippen LogP contribution in [0.15, 0.2) is 0 Å². The molecule has 1 unspecified atom stereocenters. The molecule has 1 aliphatic rings. The third-order valence-corrected chi connectivity index (χ3v) is 2.91. The van der Waals surface area contributed by atoms with Crippen LogP contribution in [0.3, 0.4) is 0 Å². The summed E-state index contributed by atoms with van der Waals surface area (Å²) in [6, 6.07) is -0.333. The van der Waals surface area contributed by atoms with E-state index in [0.717, 1.165) is 19.3 Å². The number of rotatable bonds is 7. The average molecular weight is 217 g/mol. The van der Waals surface area contributed by atoms with Gasteiger partial charge in [-0.3, -0.25) is 9.69 Å². The van der Waals surface area contributed by atoms with Gasteiger partial charge < -0.3 is 14.9 Å². The van der Waals surface area contributed by atoms with Crippen LogP contribution >= 0.6 is 0 Å². The van der Waals surface area contributed by atoms with E-state index in [1.807, 2.05) is 4.90 Å². The summed E-state index contributed by atoms with van der Waals surface area (Å²) in [5, 5.41) is 18.0. The molecule has 5 heteroatoms. The third-order valence-electron chi connectivity index (χ3n) is 2.91. The van der Waals surface area contributed by atoms with E-state index in [2.05, 4.69) is 0 Å². The summed E-state index contributed by atoms with van der Waals surface area (Å²) in [5.41, 5.74) is 0. The van der Waals surface area contributed by atoms with Gasteiger partial charge in [-0.05, 0) is 12.8 Å². The molecule has 0 spiro atoms. The smallest absolute Gasteiger partial charge is 0.323 e. The summed E-state index contributed by atoms with van der Waals surface area (Å²) in [6.45, 7) is 0.570. The molecule has 0 radical (unpaired) electrons. The predicted octanol–water partition coefficient (Wildman–Crippen LogP) is -0.0672. The van der Waals surface area contributed by atoms with E-state index >= 15 is 0 Å². The lowest BCUT2D eigenvalue weighted by Crippen LogP contribution is -2.53. The van der Waals surface area contributed by atoms with Crippen LogP contribution in [-0.2, 0) is 9.53 Å². The summed E-state index contributed by atoms with van der Waals surface area (Å²) in [4.78, 5) is 12.9. The third kappa shape index (κ3) is 3.15. The van der Waals surface area contributed by atoms with Gasteiger partial charge in [0.15, 0.2) is 0 Å². The summed E-state index contributed by atoms with van der Waals surface area (Å²) < 4.78 is 4.91. The van der Waals surface area contributed by atoms with E-state index in [0.29, 0.717) is 12.6 Å². The van der Waals surface area contributed by atoms with E-state index in [1.165, 1.54) is 7.11 Å². The highest BCUT2D eigenvalue weighted by atomic mass is 16.5. The number of aliphatic carboxylic acids is 1. The van der Waals surface area contributed by atoms with Crippen molar-refractivity contribution in [2.75, 3.05) is 26.9 Å². The Morgan fingerprint density at radius 3 is 2.60 bits per heavy atom. The SMILES string of the molecule is COCC(C(=O)O)N(CCO)C1CCC1. The van der Waals surface area contributed by atoms with Crippen LogP contribution in [0.25, 0.3) is 0 Å². The summed E-state index contributed by atoms with van der Waals surface area (Å²) in [5.74, 6) is -0.878. The topological polar surface area (TPSA) is 70.0 Å². The second kappa shape index (κ2) is 6.05. The maximum Gasteiger partial charge on any atom is 0.323 e. The highest BCUT2D eigenvalue weighted by molar-refractivity contribution is 5.73. The Morgan fingerprint density at radius 1 is 1.60 bits per heavy atom. The zero-order chi connectivity index (χ0) is 11.3. The monoisotopic (exact) mass is 217 g/mol. The minimum atomic E-state index is -0.878. The molecule has 0 aliphatic heterocycles. The van der Waals surface area contributed by atoms with Gasteiger partial charge in [-0.2, -0.15) is 0 Å². The predicted molar refractivity (Wildman–Crippen MR) is 54.7 cm³/mol. The minimum Gasteiger partial charge on any atom is -0.480 e. The van der Waals surface area contributed by atoms with Crippen LogP contribution in [0, 0.1) is 0 Å². The normalized spacial score (nSPS) is 18.9. The second-order valence-electron chi connectivity index (χ2n) is 3.86. The summed E-state index contributed by atoms with van der Waals surface area (Å²) in [7, 11) is 1.49. The number of aliphatic hydroxyl groups is 1. The molecule has 1 fully saturated rings. The van der Waals surface area contributed by atoms with Gasteiger partial charge in [0.1, 0.15) is 6.04 Å². The van der Waals surface area contributed by atoms with Gasteiger partial charge in [0.25, 0.3) is 0 Å². The number of hydrogen-bond acceptors (Lipinski definition) is 4. The van der Waals surface area contributed by atoms with Crippen molar-refractivity contribution in [2.24, 2.45) is 0 Å². The Hall–Kier alpha value is -0.650. The van der Waals surface area contributed by atoms with Gasteiger partial charge in [-0.15, -0.1) is 0 Å². The van der Waals surface area contributed by atoms with Crippen molar-refractivity contribution >= 4 is 5.97 Å². The fourth-order valence-electron chi connectivity index (χ4n) is 1.89. The average Bonchev–Trinajstić information content (AvgIpc) is 2.10. The maximum absolute atomic E-state index is 11.0. The molecule has 0 heterocycles. The van der Waals surface area contributed by atoms with Gasteiger partial charge in [0, 0.05) is 19.7 Å². The van der Waals surface area contributed by atoms with E-state index in [9.17, 15) is 4.79 Å². The van der Waals surface area contributed by atoms with Crippen molar-refractivity contribution < 1.29 is 19.7 Å². The Bertz CT molecular complexity index is 206. The summed E-state index contributed by atoms with van der Waals surface area (Å²) >= 11 is 0. The number of methoxy groups -OCH3 is 1. The van der Waals surface area contributed by atoms with E-state index in [1.54, 1.807) is 0 Å². The molecule has 1 aliphatic carbocycles. The lowest BCUT2D eigenvalue weighted by Gasteiger charge is -2.40. The van der Waals surface area contributed by atoms with Crippen LogP contribution in [0.5, 0.6) is 0 Å². The van der Waals surface area contributed by atoms with Crippen molar-refractivity contribution in [1.29, 1.82) is 0 Å². The number of carboxylic acids is 1. The largest absolute Gasteiger partial charge is 0.480 e. The Kier molecular flexibility index (Phi) is 5.01. The molecule has 1 atom stereocenters. The molecular weight excluding hydrogens is 198 g/mol. The van der Waals surface area contributed by atoms with Gasteiger partial charge >= 0.3 is 5.97 Å². The standard InChI is InChI=1S/C10H19NO4/c1-15-7-9(10(13)14)11(5-6-12)8-3-2-4-8/h8-9,12H,2-7H2,1H3,(H,13,14). The van der Waals surface area contributed by atoms with Crippen LogP contribution in [-0.4, -0.2) is 60.0 Å². The number of aliphatic hydroxyl groups excluding tert-OH is 1. The zero-order valence-corrected chi connectivity index (χ0v) is 9.06. The lowest BCUT2D eigenvalue weighted by atomic mass is 9.90. The molecule has 0 bridgehead atoms. The van der Waals surface area contributed by atoms with Crippen molar-refractivity contribution in [2.45, 2.75) is 31.3 Å². The van der Waals surface area contributed by atoms with Crippen molar-refractivity contribution in [1.82, 2.24) is 4.90 Å². The number of carbonyl (C=O) groups is 1. The van der Waals surface area contributed by atoms with Gasteiger partial charge in [-0.1, -0.05) is 6.42 Å². The first kappa shape index (κ1) is 12.4. The first-order valence-corrected chi connectivity index (χ1v) is 5.29. The molecule has 0 saturated heterocycles. The van der Waals surface area contributed by atoms with E-state index in [-0.39, 0.29) is 13.2 Å². The van der Waals surface area contributed by atoms with Gasteiger partial charge in [0.05, 0.1) is 13.2 Å². The van der Waals surface area contributed by atoms with Crippen molar-refractivity contribution in [3.63, 3.8) is 0 Å². The van der Waals surface area contributed by atoms with Crippen molar-refractivity contribution in [3.05, 3.63) is 0 Å². The molecule has 1 saturated carbocycles. The molecular formula is C10H19NO4. The molecule has 5 nitrogen and oxygen atoms in total. The number of carboxylic acid groups (broad SMARTS) is 1. The Morgan fingerprint density at radius 2 is 2.27 bits per heavy atom. The lowest BCUT2D eigenvalue weighted by molar-refractivity contribution is -0.147. The fraction of sp³-hybridized carbons (Fsp3) is 0.900.